The van der Waals surface area contributed by atoms with E-state index in [2.05, 4.69) is 21.2 Å². The van der Waals surface area contributed by atoms with Crippen molar-refractivity contribution in [2.24, 2.45) is 0 Å². The molecule has 192 valence electrons. The van der Waals surface area contributed by atoms with Crippen molar-refractivity contribution in [2.45, 2.75) is 52.6 Å². The highest BCUT2D eigenvalue weighted by Crippen LogP contribution is 2.26. The minimum absolute atomic E-state index is 0.0786. The Labute approximate surface area is 222 Å². The first-order valence-electron chi connectivity index (χ1n) is 11.5. The minimum atomic E-state index is -3.78. The van der Waals surface area contributed by atoms with Crippen LogP contribution in [0.2, 0.25) is 5.02 Å². The number of sulfonamides is 1. The van der Waals surface area contributed by atoms with Crippen molar-refractivity contribution >= 4 is 55.1 Å². The van der Waals surface area contributed by atoms with Crippen molar-refractivity contribution in [3.8, 4) is 0 Å². The standard InChI is InChI=1S/C25H33BrClN3O4S/c1-5-7-14-28-25(32)23(6-2)29(16-19-10-8-9-11-22(19)27)24(31)17-30(35(4,33)34)20-12-13-21(26)18(3)15-20/h8-13,15,23H,5-7,14,16-17H2,1-4H3,(H,28,32). The molecule has 0 aromatic heterocycles. The van der Waals surface area contributed by atoms with Crippen molar-refractivity contribution in [3.63, 3.8) is 0 Å². The number of hydrogen-bond acceptors (Lipinski definition) is 4. The largest absolute Gasteiger partial charge is 0.354 e. The zero-order chi connectivity index (χ0) is 26.2. The molecule has 2 amide bonds. The van der Waals surface area contributed by atoms with Crippen LogP contribution in [-0.2, 0) is 26.2 Å². The molecule has 2 aromatic carbocycles. The Morgan fingerprint density at radius 3 is 2.40 bits per heavy atom. The molecule has 2 aromatic rings. The fraction of sp³-hybridized carbons (Fsp3) is 0.440. The van der Waals surface area contributed by atoms with Gasteiger partial charge in [0.1, 0.15) is 12.6 Å². The fourth-order valence-electron chi connectivity index (χ4n) is 3.63. The van der Waals surface area contributed by atoms with Crippen LogP contribution in [0.25, 0.3) is 0 Å². The van der Waals surface area contributed by atoms with Gasteiger partial charge in [-0.3, -0.25) is 13.9 Å². The van der Waals surface area contributed by atoms with Gasteiger partial charge in [0.05, 0.1) is 11.9 Å². The number of amides is 2. The Morgan fingerprint density at radius 2 is 1.83 bits per heavy atom. The second-order valence-corrected chi connectivity index (χ2v) is 11.6. The highest BCUT2D eigenvalue weighted by molar-refractivity contribution is 9.10. The Bertz CT molecular complexity index is 1140. The van der Waals surface area contributed by atoms with Crippen LogP contribution in [-0.4, -0.2) is 50.5 Å². The lowest BCUT2D eigenvalue weighted by Gasteiger charge is -2.33. The van der Waals surface area contributed by atoms with E-state index in [1.54, 1.807) is 42.5 Å². The molecule has 0 saturated carbocycles. The second-order valence-electron chi connectivity index (χ2n) is 8.38. The van der Waals surface area contributed by atoms with E-state index in [-0.39, 0.29) is 12.5 Å². The lowest BCUT2D eigenvalue weighted by atomic mass is 10.1. The van der Waals surface area contributed by atoms with Crippen LogP contribution in [0.15, 0.2) is 46.9 Å². The maximum atomic E-state index is 13.7. The predicted molar refractivity (Wildman–Crippen MR) is 145 cm³/mol. The molecule has 0 aliphatic rings. The summed E-state index contributed by atoms with van der Waals surface area (Å²) in [5, 5.41) is 3.36. The molecule has 2 rings (SSSR count). The van der Waals surface area contributed by atoms with Crippen molar-refractivity contribution in [1.29, 1.82) is 0 Å². The second kappa shape index (κ2) is 13.3. The van der Waals surface area contributed by atoms with Gasteiger partial charge >= 0.3 is 0 Å². The van der Waals surface area contributed by atoms with E-state index < -0.39 is 28.5 Å². The first kappa shape index (κ1) is 29.1. The number of aryl methyl sites for hydroxylation is 1. The topological polar surface area (TPSA) is 86.8 Å². The lowest BCUT2D eigenvalue weighted by molar-refractivity contribution is -0.140. The average molecular weight is 587 g/mol. The molecule has 0 aliphatic carbocycles. The van der Waals surface area contributed by atoms with Crippen molar-refractivity contribution in [2.75, 3.05) is 23.7 Å². The summed E-state index contributed by atoms with van der Waals surface area (Å²) in [6, 6.07) is 11.4. The van der Waals surface area contributed by atoms with Crippen LogP contribution in [0.5, 0.6) is 0 Å². The smallest absolute Gasteiger partial charge is 0.244 e. The van der Waals surface area contributed by atoms with Gasteiger partial charge in [0, 0.05) is 22.6 Å². The minimum Gasteiger partial charge on any atom is -0.354 e. The van der Waals surface area contributed by atoms with E-state index in [1.165, 1.54) is 4.90 Å². The van der Waals surface area contributed by atoms with Gasteiger partial charge in [0.15, 0.2) is 0 Å². The van der Waals surface area contributed by atoms with Gasteiger partial charge in [-0.05, 0) is 55.2 Å². The van der Waals surface area contributed by atoms with Gasteiger partial charge in [-0.25, -0.2) is 8.42 Å². The average Bonchev–Trinajstić information content (AvgIpc) is 2.79. The predicted octanol–water partition coefficient (Wildman–Crippen LogP) is 4.90. The molecule has 0 aliphatic heterocycles. The molecule has 0 saturated heterocycles. The number of unbranched alkanes of at least 4 members (excludes halogenated alkanes) is 1. The maximum Gasteiger partial charge on any atom is 0.244 e. The highest BCUT2D eigenvalue weighted by Gasteiger charge is 2.32. The molecule has 35 heavy (non-hydrogen) atoms. The Balaban J connectivity index is 2.43. The van der Waals surface area contributed by atoms with Crippen LogP contribution in [0.3, 0.4) is 0 Å². The third-order valence-electron chi connectivity index (χ3n) is 5.62. The number of rotatable bonds is 12. The van der Waals surface area contributed by atoms with Gasteiger partial charge in [-0.2, -0.15) is 0 Å². The number of carbonyl (C=O) groups excluding carboxylic acids is 2. The summed E-state index contributed by atoms with van der Waals surface area (Å²) in [7, 11) is -3.78. The first-order chi connectivity index (χ1) is 16.5. The zero-order valence-electron chi connectivity index (χ0n) is 20.6. The summed E-state index contributed by atoms with van der Waals surface area (Å²) >= 11 is 9.78. The normalized spacial score (nSPS) is 12.2. The first-order valence-corrected chi connectivity index (χ1v) is 14.6. The van der Waals surface area contributed by atoms with Crippen molar-refractivity contribution in [3.05, 3.63) is 63.1 Å². The summed E-state index contributed by atoms with van der Waals surface area (Å²) < 4.78 is 27.3. The number of hydrogen-bond donors (Lipinski definition) is 1. The SMILES string of the molecule is CCCCNC(=O)C(CC)N(Cc1ccccc1Cl)C(=O)CN(c1ccc(Br)c(C)c1)S(C)(=O)=O. The molecule has 1 atom stereocenters. The van der Waals surface area contributed by atoms with E-state index in [0.29, 0.717) is 29.2 Å². The lowest BCUT2D eigenvalue weighted by Crippen LogP contribution is -2.52. The molecule has 10 heteroatoms. The van der Waals surface area contributed by atoms with Crippen molar-refractivity contribution in [1.82, 2.24) is 10.2 Å². The van der Waals surface area contributed by atoms with Crippen LogP contribution >= 0.6 is 27.5 Å². The Morgan fingerprint density at radius 1 is 1.14 bits per heavy atom. The summed E-state index contributed by atoms with van der Waals surface area (Å²) in [6.07, 6.45) is 3.18. The molecule has 0 heterocycles. The van der Waals surface area contributed by atoms with Gasteiger partial charge in [-0.1, -0.05) is 66.0 Å². The number of anilines is 1. The number of benzene rings is 2. The molecule has 0 radical (unpaired) electrons. The van der Waals surface area contributed by atoms with Crippen molar-refractivity contribution < 1.29 is 18.0 Å². The van der Waals surface area contributed by atoms with Crippen LogP contribution in [0.4, 0.5) is 5.69 Å². The van der Waals surface area contributed by atoms with E-state index in [9.17, 15) is 18.0 Å². The van der Waals surface area contributed by atoms with Gasteiger partial charge in [0.25, 0.3) is 0 Å². The molecule has 1 unspecified atom stereocenters. The van der Waals surface area contributed by atoms with Gasteiger partial charge in [0.2, 0.25) is 21.8 Å². The summed E-state index contributed by atoms with van der Waals surface area (Å²) in [5.41, 5.74) is 1.88. The third kappa shape index (κ3) is 8.22. The molecule has 1 N–H and O–H groups in total. The van der Waals surface area contributed by atoms with Crippen LogP contribution < -0.4 is 9.62 Å². The number of nitrogens with zero attached hydrogens (tertiary/aromatic N) is 2. The van der Waals surface area contributed by atoms with Gasteiger partial charge < -0.3 is 10.2 Å². The maximum absolute atomic E-state index is 13.7. The van der Waals surface area contributed by atoms with E-state index in [1.807, 2.05) is 20.8 Å². The van der Waals surface area contributed by atoms with E-state index in [0.717, 1.165) is 33.4 Å². The molecule has 0 bridgehead atoms. The summed E-state index contributed by atoms with van der Waals surface area (Å²) in [5.74, 6) is -0.764. The monoisotopic (exact) mass is 585 g/mol. The molecule has 0 fully saturated rings. The Hall–Kier alpha value is -2.10. The Kier molecular flexibility index (Phi) is 11.0. The van der Waals surface area contributed by atoms with E-state index in [4.69, 9.17) is 11.6 Å². The number of halogens is 2. The third-order valence-corrected chi connectivity index (χ3v) is 8.02. The van der Waals surface area contributed by atoms with Crippen LogP contribution in [0, 0.1) is 6.92 Å². The molecule has 7 nitrogen and oxygen atoms in total. The number of carbonyl (C=O) groups is 2. The fourth-order valence-corrected chi connectivity index (χ4v) is 4.92. The zero-order valence-corrected chi connectivity index (χ0v) is 23.7. The molecular weight excluding hydrogens is 554 g/mol. The number of nitrogens with one attached hydrogen (secondary N) is 1. The van der Waals surface area contributed by atoms with Gasteiger partial charge in [-0.15, -0.1) is 0 Å². The quantitative estimate of drug-likeness (QED) is 0.359. The summed E-state index contributed by atoms with van der Waals surface area (Å²) in [4.78, 5) is 28.1. The highest BCUT2D eigenvalue weighted by atomic mass is 79.9. The molecular formula is C25H33BrClN3O4S. The van der Waals surface area contributed by atoms with E-state index >= 15 is 0 Å². The summed E-state index contributed by atoms with van der Waals surface area (Å²) in [6.45, 7) is 5.84. The molecule has 0 spiro atoms. The van der Waals surface area contributed by atoms with Crippen LogP contribution in [0.1, 0.15) is 44.2 Å².